The van der Waals surface area contributed by atoms with E-state index in [1.807, 2.05) is 13.8 Å². The molecule has 0 aliphatic heterocycles. The number of hydrogen-bond acceptors (Lipinski definition) is 6. The number of hydrazone groups is 1. The number of nitro benzene ring substituents is 2. The topological polar surface area (TPSA) is 111 Å². The maximum absolute atomic E-state index is 11.0. The Kier molecular flexibility index (Phi) is 5.60. The second-order valence-corrected chi connectivity index (χ2v) is 4.92. The molecule has 0 saturated heterocycles. The van der Waals surface area contributed by atoms with Crippen molar-refractivity contribution in [3.63, 3.8) is 0 Å². The maximum atomic E-state index is 11.0. The van der Waals surface area contributed by atoms with E-state index in [1.165, 1.54) is 0 Å². The summed E-state index contributed by atoms with van der Waals surface area (Å²) in [6.07, 6.45) is 0.868. The van der Waals surface area contributed by atoms with Crippen LogP contribution in [-0.2, 0) is 0 Å². The van der Waals surface area contributed by atoms with Gasteiger partial charge in [-0.05, 0) is 19.3 Å². The van der Waals surface area contributed by atoms with Gasteiger partial charge in [-0.1, -0.05) is 25.4 Å². The predicted octanol–water partition coefficient (Wildman–Crippen LogP) is 3.99. The van der Waals surface area contributed by atoms with Gasteiger partial charge in [-0.3, -0.25) is 25.7 Å². The number of nitrogens with zero attached hydrogens (tertiary/aromatic N) is 3. The first-order valence-corrected chi connectivity index (χ1v) is 6.58. The number of nitro groups is 2. The van der Waals surface area contributed by atoms with E-state index in [2.05, 4.69) is 10.5 Å². The van der Waals surface area contributed by atoms with Crippen molar-refractivity contribution in [2.24, 2.45) is 11.0 Å². The Morgan fingerprint density at radius 1 is 1.38 bits per heavy atom. The second-order valence-electron chi connectivity index (χ2n) is 4.51. The average Bonchev–Trinajstić information content (AvgIpc) is 2.43. The largest absolute Gasteiger partial charge is 0.302 e. The smallest absolute Gasteiger partial charge is 0.271 e. The number of halogens is 1. The van der Waals surface area contributed by atoms with Crippen LogP contribution in [0.25, 0.3) is 0 Å². The Morgan fingerprint density at radius 3 is 2.48 bits per heavy atom. The van der Waals surface area contributed by atoms with Gasteiger partial charge in [0.2, 0.25) is 0 Å². The van der Waals surface area contributed by atoms with Gasteiger partial charge in [0, 0.05) is 11.8 Å². The van der Waals surface area contributed by atoms with Gasteiger partial charge in [0.15, 0.2) is 5.69 Å². The lowest BCUT2D eigenvalue weighted by Crippen LogP contribution is -2.08. The second kappa shape index (κ2) is 6.98. The van der Waals surface area contributed by atoms with Crippen molar-refractivity contribution in [2.45, 2.75) is 27.2 Å². The van der Waals surface area contributed by atoms with Gasteiger partial charge in [0.1, 0.15) is 0 Å². The Morgan fingerprint density at radius 2 is 2.00 bits per heavy atom. The van der Waals surface area contributed by atoms with Gasteiger partial charge in [-0.2, -0.15) is 5.10 Å². The van der Waals surface area contributed by atoms with Gasteiger partial charge in [-0.15, -0.1) is 0 Å². The first-order chi connectivity index (χ1) is 9.77. The van der Waals surface area contributed by atoms with Crippen LogP contribution in [0.5, 0.6) is 0 Å². The van der Waals surface area contributed by atoms with Crippen LogP contribution in [0.15, 0.2) is 17.2 Å². The van der Waals surface area contributed by atoms with Crippen molar-refractivity contribution in [1.82, 2.24) is 0 Å². The molecule has 1 unspecified atom stereocenters. The molecular formula is C12H15ClN4O4. The molecule has 21 heavy (non-hydrogen) atoms. The lowest BCUT2D eigenvalue weighted by atomic mass is 10.1. The lowest BCUT2D eigenvalue weighted by Gasteiger charge is -2.09. The molecule has 1 atom stereocenters. The zero-order chi connectivity index (χ0) is 16.2. The fourth-order valence-electron chi connectivity index (χ4n) is 1.49. The molecule has 0 spiro atoms. The molecule has 0 bridgehead atoms. The van der Waals surface area contributed by atoms with E-state index < -0.39 is 21.2 Å². The Bertz CT molecular complexity index is 603. The maximum Gasteiger partial charge on any atom is 0.302 e. The molecule has 0 aliphatic carbocycles. The van der Waals surface area contributed by atoms with Crippen molar-refractivity contribution in [3.05, 3.63) is 37.4 Å². The van der Waals surface area contributed by atoms with Crippen molar-refractivity contribution in [1.29, 1.82) is 0 Å². The summed E-state index contributed by atoms with van der Waals surface area (Å²) in [6, 6.07) is 1.90. The minimum absolute atomic E-state index is 0.0603. The molecule has 0 amide bonds. The molecule has 1 rings (SSSR count). The van der Waals surface area contributed by atoms with Gasteiger partial charge in [0.05, 0.1) is 20.9 Å². The van der Waals surface area contributed by atoms with Gasteiger partial charge < -0.3 is 0 Å². The number of nitrogens with one attached hydrogen (secondary N) is 1. The highest BCUT2D eigenvalue weighted by molar-refractivity contribution is 6.34. The van der Waals surface area contributed by atoms with E-state index in [0.717, 1.165) is 24.3 Å². The summed E-state index contributed by atoms with van der Waals surface area (Å²) in [7, 11) is 0. The number of anilines is 1. The van der Waals surface area contributed by atoms with Crippen molar-refractivity contribution < 1.29 is 9.85 Å². The van der Waals surface area contributed by atoms with Gasteiger partial charge in [0.25, 0.3) is 5.69 Å². The highest BCUT2D eigenvalue weighted by atomic mass is 35.5. The van der Waals surface area contributed by atoms with E-state index in [1.54, 1.807) is 6.92 Å². The monoisotopic (exact) mass is 314 g/mol. The number of hydrogen-bond donors (Lipinski definition) is 1. The molecule has 0 aliphatic rings. The summed E-state index contributed by atoms with van der Waals surface area (Å²) in [5, 5.41) is 25.7. The molecule has 1 aromatic carbocycles. The van der Waals surface area contributed by atoms with Crippen LogP contribution in [-0.4, -0.2) is 15.6 Å². The van der Waals surface area contributed by atoms with E-state index >= 15 is 0 Å². The third kappa shape index (κ3) is 4.12. The quantitative estimate of drug-likeness (QED) is 0.484. The highest BCUT2D eigenvalue weighted by Crippen LogP contribution is 2.36. The summed E-state index contributed by atoms with van der Waals surface area (Å²) < 4.78 is 0. The SMILES string of the molecule is CCC(C)/C(C)=N/Nc1c(Cl)cc([N+](=O)[O-])cc1[N+](=O)[O-]. The average molecular weight is 315 g/mol. The lowest BCUT2D eigenvalue weighted by molar-refractivity contribution is -0.393. The Hall–Kier alpha value is -2.22. The fraction of sp³-hybridized carbons (Fsp3) is 0.417. The molecule has 1 aromatic rings. The van der Waals surface area contributed by atoms with Gasteiger partial charge in [-0.25, -0.2) is 0 Å². The third-order valence-electron chi connectivity index (χ3n) is 3.13. The predicted molar refractivity (Wildman–Crippen MR) is 80.9 cm³/mol. The van der Waals surface area contributed by atoms with Crippen LogP contribution < -0.4 is 5.43 Å². The van der Waals surface area contributed by atoms with Crippen molar-refractivity contribution >= 4 is 34.4 Å². The summed E-state index contributed by atoms with van der Waals surface area (Å²) in [5.41, 5.74) is 2.29. The van der Waals surface area contributed by atoms with Gasteiger partial charge >= 0.3 is 5.69 Å². The minimum atomic E-state index is -0.741. The molecule has 0 aromatic heterocycles. The Balaban J connectivity index is 3.23. The summed E-state index contributed by atoms with van der Waals surface area (Å²) in [4.78, 5) is 20.2. The summed E-state index contributed by atoms with van der Waals surface area (Å²) >= 11 is 5.88. The molecule has 0 radical (unpaired) electrons. The Labute approximate surface area is 126 Å². The normalized spacial score (nSPS) is 12.9. The summed E-state index contributed by atoms with van der Waals surface area (Å²) in [5.74, 6) is 0.202. The van der Waals surface area contributed by atoms with Crippen LogP contribution in [0.1, 0.15) is 27.2 Å². The number of rotatable bonds is 6. The first-order valence-electron chi connectivity index (χ1n) is 6.20. The number of non-ortho nitro benzene ring substituents is 1. The molecule has 9 heteroatoms. The highest BCUT2D eigenvalue weighted by Gasteiger charge is 2.23. The zero-order valence-corrected chi connectivity index (χ0v) is 12.5. The van der Waals surface area contributed by atoms with Crippen LogP contribution in [0.4, 0.5) is 17.1 Å². The molecule has 0 saturated carbocycles. The standard InChI is InChI=1S/C12H15ClN4O4/c1-4-7(2)8(3)14-15-12-10(13)5-9(16(18)19)6-11(12)17(20)21/h5-7,15H,4H2,1-3H3/b14-8+. The van der Waals surface area contributed by atoms with E-state index in [0.29, 0.717) is 0 Å². The van der Waals surface area contributed by atoms with E-state index in [4.69, 9.17) is 11.6 Å². The van der Waals surface area contributed by atoms with E-state index in [-0.39, 0.29) is 16.6 Å². The van der Waals surface area contributed by atoms with Crippen LogP contribution in [0.3, 0.4) is 0 Å². The zero-order valence-electron chi connectivity index (χ0n) is 11.8. The van der Waals surface area contributed by atoms with E-state index in [9.17, 15) is 20.2 Å². The molecular weight excluding hydrogens is 300 g/mol. The number of benzene rings is 1. The van der Waals surface area contributed by atoms with Crippen LogP contribution in [0.2, 0.25) is 5.02 Å². The molecule has 1 N–H and O–H groups in total. The first kappa shape index (κ1) is 16.8. The van der Waals surface area contributed by atoms with Crippen LogP contribution in [0, 0.1) is 26.1 Å². The molecule has 0 fully saturated rings. The summed E-state index contributed by atoms with van der Waals surface area (Å²) in [6.45, 7) is 5.74. The molecule has 0 heterocycles. The fourth-order valence-corrected chi connectivity index (χ4v) is 1.74. The molecule has 8 nitrogen and oxygen atoms in total. The molecule has 114 valence electrons. The minimum Gasteiger partial charge on any atom is -0.271 e. The van der Waals surface area contributed by atoms with Crippen molar-refractivity contribution in [3.8, 4) is 0 Å². The van der Waals surface area contributed by atoms with Crippen LogP contribution >= 0.6 is 11.6 Å². The van der Waals surface area contributed by atoms with Crippen molar-refractivity contribution in [2.75, 3.05) is 5.43 Å². The third-order valence-corrected chi connectivity index (χ3v) is 3.43.